The Labute approximate surface area is 222 Å². The van der Waals surface area contributed by atoms with E-state index in [9.17, 15) is 19.2 Å². The number of barbiturate groups is 1. The van der Waals surface area contributed by atoms with E-state index >= 15 is 0 Å². The number of nitrogens with one attached hydrogen (secondary N) is 1. The van der Waals surface area contributed by atoms with Gasteiger partial charge in [-0.15, -0.1) is 0 Å². The van der Waals surface area contributed by atoms with Gasteiger partial charge < -0.3 is 5.32 Å². The zero-order chi connectivity index (χ0) is 26.5. The van der Waals surface area contributed by atoms with Gasteiger partial charge in [0, 0.05) is 19.0 Å². The number of allylic oxidation sites excluding steroid dienone is 1. The molecule has 1 N–H and O–H groups in total. The summed E-state index contributed by atoms with van der Waals surface area (Å²) < 4.78 is 0. The van der Waals surface area contributed by atoms with Crippen molar-refractivity contribution in [2.24, 2.45) is 16.7 Å². The van der Waals surface area contributed by atoms with Crippen molar-refractivity contribution in [2.45, 2.75) is 110 Å². The fourth-order valence-corrected chi connectivity index (χ4v) is 7.34. The van der Waals surface area contributed by atoms with Gasteiger partial charge >= 0.3 is 6.03 Å². The fraction of sp³-hybridized carbons (Fsp3) is 0.800. The summed E-state index contributed by atoms with van der Waals surface area (Å²) in [6.07, 6.45) is 17.7. The normalized spacial score (nSPS) is 29.8. The number of carbonyl (C=O) groups is 4. The summed E-state index contributed by atoms with van der Waals surface area (Å²) in [7, 11) is 0. The zero-order valence-electron chi connectivity index (χ0n) is 23.1. The quantitative estimate of drug-likeness (QED) is 0.380. The van der Waals surface area contributed by atoms with Gasteiger partial charge in [0.2, 0.25) is 5.91 Å². The molecule has 1 spiro atoms. The van der Waals surface area contributed by atoms with Gasteiger partial charge in [0.1, 0.15) is 5.41 Å². The molecule has 4 amide bonds. The molecule has 7 nitrogen and oxygen atoms in total. The minimum atomic E-state index is -1.40. The van der Waals surface area contributed by atoms with Crippen molar-refractivity contribution in [3.05, 3.63) is 11.6 Å². The van der Waals surface area contributed by atoms with Crippen LogP contribution in [0.25, 0.3) is 0 Å². The van der Waals surface area contributed by atoms with Gasteiger partial charge in [-0.25, -0.2) is 4.79 Å². The maximum absolute atomic E-state index is 14.0. The Hall–Kier alpha value is -2.02. The molecule has 1 saturated carbocycles. The van der Waals surface area contributed by atoms with Gasteiger partial charge in [-0.05, 0) is 75.8 Å². The van der Waals surface area contributed by atoms with Crippen molar-refractivity contribution in [3.8, 4) is 0 Å². The van der Waals surface area contributed by atoms with Crippen LogP contribution in [0.3, 0.4) is 0 Å². The fourth-order valence-electron chi connectivity index (χ4n) is 7.34. The van der Waals surface area contributed by atoms with Gasteiger partial charge in [-0.2, -0.15) is 0 Å². The van der Waals surface area contributed by atoms with Crippen LogP contribution in [0.4, 0.5) is 4.79 Å². The number of rotatable bonds is 6. The molecule has 4 aliphatic rings. The summed E-state index contributed by atoms with van der Waals surface area (Å²) in [5.41, 5.74) is -0.652. The first-order chi connectivity index (χ1) is 17.8. The third-order valence-electron chi connectivity index (χ3n) is 9.63. The molecule has 206 valence electrons. The largest absolute Gasteiger partial charge is 0.333 e. The van der Waals surface area contributed by atoms with Gasteiger partial charge in [-0.3, -0.25) is 24.2 Å². The molecule has 2 unspecified atom stereocenters. The predicted molar refractivity (Wildman–Crippen MR) is 144 cm³/mol. The molecule has 4 rings (SSSR count). The average molecular weight is 514 g/mol. The standard InChI is InChI=1S/C30H47N3O4/c1-3-20-32-26(35)29(2,23-14-10-9-11-15-23)27(36)33(28(32)37)22-25(34)24-21-31-19-18-30(24)16-12-7-5-4-6-8-13-17-30/h14,24,31H,3-13,15-22H2,1-2H3. The van der Waals surface area contributed by atoms with Crippen molar-refractivity contribution in [1.82, 2.24) is 15.1 Å². The number of carbonyl (C=O) groups excluding carboxylic acids is 4. The number of amides is 4. The van der Waals surface area contributed by atoms with E-state index in [-0.39, 0.29) is 30.2 Å². The highest BCUT2D eigenvalue weighted by Gasteiger charge is 2.57. The van der Waals surface area contributed by atoms with E-state index in [1.165, 1.54) is 37.0 Å². The van der Waals surface area contributed by atoms with Crippen molar-refractivity contribution in [1.29, 1.82) is 0 Å². The van der Waals surface area contributed by atoms with E-state index in [2.05, 4.69) is 5.32 Å². The summed E-state index contributed by atoms with van der Waals surface area (Å²) in [6.45, 7) is 5.13. The SMILES string of the molecule is CCCN1C(=O)N(CC(=O)C2CNCCC23CCCCCCCCC3)C(=O)C(C)(C2=CCCCC2)C1=O. The summed E-state index contributed by atoms with van der Waals surface area (Å²) in [5.74, 6) is -1.18. The summed E-state index contributed by atoms with van der Waals surface area (Å²) in [5, 5.41) is 3.43. The minimum absolute atomic E-state index is 0.0308. The molecular weight excluding hydrogens is 466 g/mol. The van der Waals surface area contributed by atoms with Crippen molar-refractivity contribution < 1.29 is 19.2 Å². The lowest BCUT2D eigenvalue weighted by molar-refractivity contribution is -0.157. The first kappa shape index (κ1) is 28.0. The third-order valence-corrected chi connectivity index (χ3v) is 9.63. The number of piperidine rings is 1. The number of hydrogen-bond donors (Lipinski definition) is 1. The Morgan fingerprint density at radius 2 is 1.57 bits per heavy atom. The molecule has 0 bridgehead atoms. The second-order valence-electron chi connectivity index (χ2n) is 12.0. The van der Waals surface area contributed by atoms with E-state index < -0.39 is 23.3 Å². The lowest BCUT2D eigenvalue weighted by Gasteiger charge is -2.47. The van der Waals surface area contributed by atoms with Crippen molar-refractivity contribution in [2.75, 3.05) is 26.2 Å². The van der Waals surface area contributed by atoms with Crippen LogP contribution >= 0.6 is 0 Å². The van der Waals surface area contributed by atoms with Crippen LogP contribution in [-0.2, 0) is 14.4 Å². The van der Waals surface area contributed by atoms with Gasteiger partial charge in [-0.1, -0.05) is 57.9 Å². The number of imide groups is 2. The Kier molecular flexibility index (Phi) is 9.25. The third kappa shape index (κ3) is 5.57. The van der Waals surface area contributed by atoms with E-state index in [0.717, 1.165) is 68.4 Å². The monoisotopic (exact) mass is 513 g/mol. The number of urea groups is 1. The Balaban J connectivity index is 1.61. The Bertz CT molecular complexity index is 903. The molecule has 2 aliphatic heterocycles. The van der Waals surface area contributed by atoms with Crippen LogP contribution < -0.4 is 5.32 Å². The smallest absolute Gasteiger partial charge is 0.316 e. The number of nitrogens with zero attached hydrogens (tertiary/aromatic N) is 2. The van der Waals surface area contributed by atoms with Gasteiger partial charge in [0.15, 0.2) is 5.78 Å². The molecule has 2 saturated heterocycles. The second kappa shape index (κ2) is 12.2. The first-order valence-corrected chi connectivity index (χ1v) is 15.0. The highest BCUT2D eigenvalue weighted by atomic mass is 16.2. The van der Waals surface area contributed by atoms with E-state index in [0.29, 0.717) is 19.4 Å². The zero-order valence-corrected chi connectivity index (χ0v) is 23.1. The van der Waals surface area contributed by atoms with Crippen molar-refractivity contribution >= 4 is 23.6 Å². The highest BCUT2D eigenvalue weighted by Crippen LogP contribution is 2.46. The summed E-state index contributed by atoms with van der Waals surface area (Å²) in [4.78, 5) is 57.4. The summed E-state index contributed by atoms with van der Waals surface area (Å²) >= 11 is 0. The van der Waals surface area contributed by atoms with Gasteiger partial charge in [0.05, 0.1) is 6.54 Å². The molecule has 2 heterocycles. The predicted octanol–water partition coefficient (Wildman–Crippen LogP) is 5.38. The van der Waals surface area contributed by atoms with Crippen LogP contribution in [0.5, 0.6) is 0 Å². The number of hydrogen-bond acceptors (Lipinski definition) is 5. The molecule has 0 radical (unpaired) electrons. The van der Waals surface area contributed by atoms with Crippen LogP contribution in [-0.4, -0.2) is 59.6 Å². The number of ketones is 1. The minimum Gasteiger partial charge on any atom is -0.316 e. The second-order valence-corrected chi connectivity index (χ2v) is 12.0. The molecule has 3 fully saturated rings. The van der Waals surface area contributed by atoms with E-state index in [1.54, 1.807) is 6.92 Å². The van der Waals surface area contributed by atoms with Gasteiger partial charge in [0.25, 0.3) is 5.91 Å². The highest BCUT2D eigenvalue weighted by molar-refractivity contribution is 6.21. The van der Waals surface area contributed by atoms with Crippen LogP contribution in [0.1, 0.15) is 110 Å². The molecule has 0 aromatic heterocycles. The number of Topliss-reactive ketones (excluding diaryl/α,β-unsaturated/α-hetero) is 1. The molecule has 2 atom stereocenters. The van der Waals surface area contributed by atoms with Crippen molar-refractivity contribution in [3.63, 3.8) is 0 Å². The maximum atomic E-state index is 14.0. The van der Waals surface area contributed by atoms with Crippen LogP contribution in [0.15, 0.2) is 11.6 Å². The molecule has 0 aromatic rings. The summed E-state index contributed by atoms with van der Waals surface area (Å²) in [6, 6.07) is -0.622. The molecule has 37 heavy (non-hydrogen) atoms. The molecular formula is C30H47N3O4. The van der Waals surface area contributed by atoms with Crippen LogP contribution in [0, 0.1) is 16.7 Å². The lowest BCUT2D eigenvalue weighted by atomic mass is 9.63. The Morgan fingerprint density at radius 3 is 2.19 bits per heavy atom. The molecule has 2 aliphatic carbocycles. The first-order valence-electron chi connectivity index (χ1n) is 15.0. The Morgan fingerprint density at radius 1 is 0.919 bits per heavy atom. The molecule has 0 aromatic carbocycles. The lowest BCUT2D eigenvalue weighted by Crippen LogP contribution is -2.66. The van der Waals surface area contributed by atoms with E-state index in [1.807, 2.05) is 13.0 Å². The topological polar surface area (TPSA) is 86.8 Å². The van der Waals surface area contributed by atoms with E-state index in [4.69, 9.17) is 0 Å². The average Bonchev–Trinajstić information content (AvgIpc) is 2.92. The van der Waals surface area contributed by atoms with Crippen LogP contribution in [0.2, 0.25) is 0 Å². The molecule has 7 heteroatoms. The maximum Gasteiger partial charge on any atom is 0.333 e.